The van der Waals surface area contributed by atoms with Gasteiger partial charge in [0.05, 0.1) is 12.3 Å². The average molecular weight is 246 g/mol. The molecule has 1 aromatic rings. The summed E-state index contributed by atoms with van der Waals surface area (Å²) in [4.78, 5) is 13.7. The van der Waals surface area contributed by atoms with Gasteiger partial charge in [0.1, 0.15) is 0 Å². The highest BCUT2D eigenvalue weighted by Gasteiger charge is 2.25. The van der Waals surface area contributed by atoms with Crippen molar-refractivity contribution in [2.45, 2.75) is 25.4 Å². The van der Waals surface area contributed by atoms with Gasteiger partial charge >= 0.3 is 0 Å². The maximum Gasteiger partial charge on any atom is 0.239 e. The topological polar surface area (TPSA) is 84.7 Å². The van der Waals surface area contributed by atoms with Crippen molar-refractivity contribution in [3.8, 4) is 0 Å². The Kier molecular flexibility index (Phi) is 3.94. The van der Waals surface area contributed by atoms with Crippen LogP contribution in [0.25, 0.3) is 0 Å². The van der Waals surface area contributed by atoms with Crippen molar-refractivity contribution < 1.29 is 4.79 Å². The highest BCUT2D eigenvalue weighted by atomic mass is 16.2. The molecule has 1 aromatic carbocycles. The Morgan fingerprint density at radius 2 is 2.33 bits per heavy atom. The Labute approximate surface area is 106 Å². The molecule has 0 spiro atoms. The van der Waals surface area contributed by atoms with E-state index in [1.807, 2.05) is 29.2 Å². The number of carbonyl (C=O) groups is 1. The second-order valence-electron chi connectivity index (χ2n) is 4.53. The molecule has 1 heterocycles. The number of nitrogens with zero attached hydrogens (tertiary/aromatic N) is 2. The Balaban J connectivity index is 2.08. The number of benzene rings is 1. The number of amides is 1. The molecular weight excluding hydrogens is 228 g/mol. The monoisotopic (exact) mass is 246 g/mol. The molecule has 0 aliphatic carbocycles. The van der Waals surface area contributed by atoms with Crippen LogP contribution in [-0.4, -0.2) is 29.6 Å². The van der Waals surface area contributed by atoms with Gasteiger partial charge in [-0.2, -0.15) is 5.10 Å². The number of hydrogen-bond donors (Lipinski definition) is 2. The van der Waals surface area contributed by atoms with Gasteiger partial charge in [0, 0.05) is 13.1 Å². The molecule has 5 heteroatoms. The van der Waals surface area contributed by atoms with Gasteiger partial charge < -0.3 is 16.5 Å². The summed E-state index contributed by atoms with van der Waals surface area (Å²) in [6.07, 6.45) is 3.35. The number of rotatable bonds is 3. The van der Waals surface area contributed by atoms with Crippen LogP contribution in [-0.2, 0) is 11.3 Å². The van der Waals surface area contributed by atoms with E-state index in [4.69, 9.17) is 11.6 Å². The molecule has 0 aromatic heterocycles. The van der Waals surface area contributed by atoms with Gasteiger partial charge in [-0.15, -0.1) is 0 Å². The van der Waals surface area contributed by atoms with Crippen LogP contribution in [0.1, 0.15) is 24.0 Å². The molecule has 1 saturated heterocycles. The third-order valence-corrected chi connectivity index (χ3v) is 3.12. The van der Waals surface area contributed by atoms with E-state index in [1.165, 1.54) is 0 Å². The van der Waals surface area contributed by atoms with Gasteiger partial charge in [0.15, 0.2) is 0 Å². The lowest BCUT2D eigenvalue weighted by Crippen LogP contribution is -2.47. The van der Waals surface area contributed by atoms with Crippen molar-refractivity contribution in [1.82, 2.24) is 4.90 Å². The van der Waals surface area contributed by atoms with Crippen molar-refractivity contribution >= 4 is 12.1 Å². The number of nitrogens with two attached hydrogens (primary N) is 2. The zero-order valence-electron chi connectivity index (χ0n) is 10.2. The van der Waals surface area contributed by atoms with Gasteiger partial charge in [0.25, 0.3) is 0 Å². The first-order valence-corrected chi connectivity index (χ1v) is 6.07. The van der Waals surface area contributed by atoms with E-state index in [-0.39, 0.29) is 11.9 Å². The molecule has 1 unspecified atom stereocenters. The van der Waals surface area contributed by atoms with E-state index in [2.05, 4.69) is 5.10 Å². The van der Waals surface area contributed by atoms with Crippen LogP contribution in [0, 0.1) is 0 Å². The summed E-state index contributed by atoms with van der Waals surface area (Å²) < 4.78 is 0. The molecular formula is C13H18N4O. The van der Waals surface area contributed by atoms with Crippen LogP contribution < -0.4 is 11.6 Å². The Hall–Kier alpha value is -1.88. The summed E-state index contributed by atoms with van der Waals surface area (Å²) in [7, 11) is 0. The Bertz CT molecular complexity index is 458. The molecule has 4 N–H and O–H groups in total. The van der Waals surface area contributed by atoms with E-state index in [1.54, 1.807) is 6.21 Å². The van der Waals surface area contributed by atoms with E-state index in [9.17, 15) is 4.79 Å². The smallest absolute Gasteiger partial charge is 0.239 e. The highest BCUT2D eigenvalue weighted by Crippen LogP contribution is 2.14. The summed E-state index contributed by atoms with van der Waals surface area (Å²) >= 11 is 0. The van der Waals surface area contributed by atoms with Crippen molar-refractivity contribution in [3.63, 3.8) is 0 Å². The molecule has 0 bridgehead atoms. The second kappa shape index (κ2) is 5.64. The molecule has 0 radical (unpaired) electrons. The summed E-state index contributed by atoms with van der Waals surface area (Å²) in [6, 6.07) is 7.47. The third kappa shape index (κ3) is 2.87. The minimum atomic E-state index is -0.340. The lowest BCUT2D eigenvalue weighted by Gasteiger charge is -2.30. The summed E-state index contributed by atoms with van der Waals surface area (Å²) in [5, 5.41) is 3.50. The molecule has 1 aliphatic heterocycles. The summed E-state index contributed by atoms with van der Waals surface area (Å²) in [6.45, 7) is 1.38. The maximum absolute atomic E-state index is 11.9. The standard InChI is InChI=1S/C13H18N4O/c14-12-5-2-6-17(13(12)18)9-11-4-1-3-10(7-11)8-16-15/h1,3-4,7-8,12H,2,5-6,9,14-15H2. The van der Waals surface area contributed by atoms with Gasteiger partial charge in [-0.05, 0) is 30.0 Å². The third-order valence-electron chi connectivity index (χ3n) is 3.12. The Morgan fingerprint density at radius 1 is 1.50 bits per heavy atom. The van der Waals surface area contributed by atoms with Gasteiger partial charge in [-0.25, -0.2) is 0 Å². The predicted molar refractivity (Wildman–Crippen MR) is 70.8 cm³/mol. The first-order chi connectivity index (χ1) is 8.70. The number of piperidine rings is 1. The first-order valence-electron chi connectivity index (χ1n) is 6.07. The second-order valence-corrected chi connectivity index (χ2v) is 4.53. The van der Waals surface area contributed by atoms with Crippen molar-refractivity contribution in [3.05, 3.63) is 35.4 Å². The van der Waals surface area contributed by atoms with E-state index < -0.39 is 0 Å². The maximum atomic E-state index is 11.9. The van der Waals surface area contributed by atoms with Crippen molar-refractivity contribution in [2.24, 2.45) is 16.7 Å². The van der Waals surface area contributed by atoms with E-state index in [0.717, 1.165) is 30.5 Å². The molecule has 2 rings (SSSR count). The molecule has 0 saturated carbocycles. The largest absolute Gasteiger partial charge is 0.337 e. The predicted octanol–water partition coefficient (Wildman–Crippen LogP) is 0.429. The van der Waals surface area contributed by atoms with Crippen LogP contribution in [0.4, 0.5) is 0 Å². The molecule has 1 atom stereocenters. The fraction of sp³-hybridized carbons (Fsp3) is 0.385. The molecule has 1 amide bonds. The lowest BCUT2D eigenvalue weighted by molar-refractivity contribution is -0.135. The minimum absolute atomic E-state index is 0.0409. The van der Waals surface area contributed by atoms with Gasteiger partial charge in [0.2, 0.25) is 5.91 Å². The van der Waals surface area contributed by atoms with Crippen LogP contribution in [0.3, 0.4) is 0 Å². The van der Waals surface area contributed by atoms with Gasteiger partial charge in [-0.1, -0.05) is 18.2 Å². The normalized spacial score (nSPS) is 20.6. The molecule has 18 heavy (non-hydrogen) atoms. The summed E-state index contributed by atoms with van der Waals surface area (Å²) in [5.74, 6) is 5.16. The lowest BCUT2D eigenvalue weighted by atomic mass is 10.0. The number of hydrogen-bond acceptors (Lipinski definition) is 4. The quantitative estimate of drug-likeness (QED) is 0.461. The minimum Gasteiger partial charge on any atom is -0.337 e. The fourth-order valence-electron chi connectivity index (χ4n) is 2.21. The van der Waals surface area contributed by atoms with Crippen LogP contribution >= 0.6 is 0 Å². The van der Waals surface area contributed by atoms with Crippen LogP contribution in [0.15, 0.2) is 29.4 Å². The molecule has 5 nitrogen and oxygen atoms in total. The fourth-order valence-corrected chi connectivity index (χ4v) is 2.21. The summed E-state index contributed by atoms with van der Waals surface area (Å²) in [5.41, 5.74) is 7.77. The van der Waals surface area contributed by atoms with E-state index in [0.29, 0.717) is 6.54 Å². The molecule has 96 valence electrons. The Morgan fingerprint density at radius 3 is 3.11 bits per heavy atom. The van der Waals surface area contributed by atoms with Gasteiger partial charge in [-0.3, -0.25) is 4.79 Å². The highest BCUT2D eigenvalue weighted by molar-refractivity contribution is 5.82. The zero-order chi connectivity index (χ0) is 13.0. The average Bonchev–Trinajstić information content (AvgIpc) is 2.36. The SMILES string of the molecule is NN=Cc1cccc(CN2CCCC(N)C2=O)c1. The van der Waals surface area contributed by atoms with Crippen molar-refractivity contribution in [1.29, 1.82) is 0 Å². The zero-order valence-corrected chi connectivity index (χ0v) is 10.2. The molecule has 1 aliphatic rings. The first kappa shape index (κ1) is 12.6. The van der Waals surface area contributed by atoms with Crippen LogP contribution in [0.5, 0.6) is 0 Å². The van der Waals surface area contributed by atoms with E-state index >= 15 is 0 Å². The number of hydrazone groups is 1. The number of likely N-dealkylation sites (tertiary alicyclic amines) is 1. The van der Waals surface area contributed by atoms with Crippen LogP contribution in [0.2, 0.25) is 0 Å². The van der Waals surface area contributed by atoms with Crippen molar-refractivity contribution in [2.75, 3.05) is 6.54 Å². The molecule has 1 fully saturated rings. The number of carbonyl (C=O) groups excluding carboxylic acids is 1.